The number of rotatable bonds is 4. The van der Waals surface area contributed by atoms with Crippen molar-refractivity contribution in [2.24, 2.45) is 5.73 Å². The van der Waals surface area contributed by atoms with Gasteiger partial charge in [0.25, 0.3) is 0 Å². The highest BCUT2D eigenvalue weighted by Gasteiger charge is 2.38. The summed E-state index contributed by atoms with van der Waals surface area (Å²) in [5.74, 6) is 0. The van der Waals surface area contributed by atoms with Gasteiger partial charge in [-0.1, -0.05) is 0 Å². The molecule has 0 spiro atoms. The van der Waals surface area contributed by atoms with Gasteiger partial charge in [-0.25, -0.2) is 4.79 Å². The molecule has 1 aliphatic heterocycles. The molecule has 5 heteroatoms. The summed E-state index contributed by atoms with van der Waals surface area (Å²) in [4.78, 5) is 16.6. The summed E-state index contributed by atoms with van der Waals surface area (Å²) in [6.07, 6.45) is 3.45. The minimum Gasteiger partial charge on any atom is -0.444 e. The van der Waals surface area contributed by atoms with Crippen LogP contribution in [0.1, 0.15) is 40.0 Å². The van der Waals surface area contributed by atoms with Gasteiger partial charge in [0.05, 0.1) is 0 Å². The maximum absolute atomic E-state index is 12.3. The quantitative estimate of drug-likeness (QED) is 0.838. The van der Waals surface area contributed by atoms with Crippen molar-refractivity contribution in [1.82, 2.24) is 9.80 Å². The van der Waals surface area contributed by atoms with E-state index >= 15 is 0 Å². The maximum Gasteiger partial charge on any atom is 0.410 e. The van der Waals surface area contributed by atoms with E-state index in [2.05, 4.69) is 4.90 Å². The Kier molecular flexibility index (Phi) is 4.36. The zero-order valence-electron chi connectivity index (χ0n) is 12.4. The van der Waals surface area contributed by atoms with Gasteiger partial charge in [0.1, 0.15) is 5.60 Å². The van der Waals surface area contributed by atoms with E-state index in [0.29, 0.717) is 13.1 Å². The molecule has 2 fully saturated rings. The minimum absolute atomic E-state index is 0.222. The normalized spacial score (nSPS) is 24.5. The number of carbonyl (C=O) groups excluding carboxylic acids is 1. The number of hydrogen-bond acceptors (Lipinski definition) is 4. The average molecular weight is 269 g/mol. The van der Waals surface area contributed by atoms with E-state index in [1.807, 2.05) is 25.7 Å². The van der Waals surface area contributed by atoms with Gasteiger partial charge in [0.2, 0.25) is 0 Å². The van der Waals surface area contributed by atoms with Crippen LogP contribution >= 0.6 is 0 Å². The van der Waals surface area contributed by atoms with Gasteiger partial charge in [-0.05, 0) is 40.0 Å². The van der Waals surface area contributed by atoms with Gasteiger partial charge in [0, 0.05) is 38.3 Å². The number of ether oxygens (including phenoxy) is 1. The first-order chi connectivity index (χ1) is 8.90. The van der Waals surface area contributed by atoms with Crippen LogP contribution in [0.5, 0.6) is 0 Å². The number of likely N-dealkylation sites (tertiary alicyclic amines) is 1. The fourth-order valence-electron chi connectivity index (χ4n) is 2.68. The summed E-state index contributed by atoms with van der Waals surface area (Å²) in [6.45, 7) is 8.84. The SMILES string of the molecule is CC(C)(C)OC(=O)N(CCN)C1CCN(C2CC2)C1. The number of hydrogen-bond donors (Lipinski definition) is 1. The number of amides is 1. The molecule has 0 aromatic heterocycles. The molecule has 2 N–H and O–H groups in total. The Hall–Kier alpha value is -0.810. The molecule has 2 rings (SSSR count). The molecule has 1 amide bonds. The maximum atomic E-state index is 12.3. The van der Waals surface area contributed by atoms with Crippen molar-refractivity contribution >= 4 is 6.09 Å². The van der Waals surface area contributed by atoms with Crippen LogP contribution in [0.15, 0.2) is 0 Å². The lowest BCUT2D eigenvalue weighted by Crippen LogP contribution is -2.46. The molecule has 1 aliphatic carbocycles. The van der Waals surface area contributed by atoms with Crippen LogP contribution in [0.25, 0.3) is 0 Å². The van der Waals surface area contributed by atoms with Crippen LogP contribution in [0.4, 0.5) is 4.79 Å². The average Bonchev–Trinajstić information content (AvgIpc) is 3.03. The van der Waals surface area contributed by atoms with E-state index in [0.717, 1.165) is 25.6 Å². The van der Waals surface area contributed by atoms with Crippen LogP contribution in [0.2, 0.25) is 0 Å². The van der Waals surface area contributed by atoms with Crippen LogP contribution < -0.4 is 5.73 Å². The van der Waals surface area contributed by atoms with Gasteiger partial charge in [-0.2, -0.15) is 0 Å². The summed E-state index contributed by atoms with van der Waals surface area (Å²) in [6, 6.07) is 1.03. The highest BCUT2D eigenvalue weighted by atomic mass is 16.6. The third-order valence-corrected chi connectivity index (χ3v) is 3.70. The summed E-state index contributed by atoms with van der Waals surface area (Å²) in [5, 5.41) is 0. The second kappa shape index (κ2) is 5.67. The fourth-order valence-corrected chi connectivity index (χ4v) is 2.68. The number of nitrogens with two attached hydrogens (primary N) is 1. The molecule has 0 bridgehead atoms. The second-order valence-electron chi connectivity index (χ2n) is 6.63. The molecule has 1 heterocycles. The Morgan fingerprint density at radius 2 is 2.05 bits per heavy atom. The van der Waals surface area contributed by atoms with Crippen LogP contribution in [0, 0.1) is 0 Å². The molecule has 1 atom stereocenters. The van der Waals surface area contributed by atoms with Crippen molar-refractivity contribution in [2.45, 2.75) is 57.7 Å². The third kappa shape index (κ3) is 4.08. The molecule has 0 aromatic carbocycles. The largest absolute Gasteiger partial charge is 0.444 e. The minimum atomic E-state index is -0.446. The van der Waals surface area contributed by atoms with Crippen LogP contribution in [0.3, 0.4) is 0 Å². The zero-order valence-corrected chi connectivity index (χ0v) is 12.4. The predicted octanol–water partition coefficient (Wildman–Crippen LogP) is 1.42. The first-order valence-corrected chi connectivity index (χ1v) is 7.34. The molecular weight excluding hydrogens is 242 g/mol. The molecule has 2 aliphatic rings. The smallest absolute Gasteiger partial charge is 0.410 e. The topological polar surface area (TPSA) is 58.8 Å². The van der Waals surface area contributed by atoms with E-state index in [9.17, 15) is 4.79 Å². The molecule has 0 radical (unpaired) electrons. The van der Waals surface area contributed by atoms with Gasteiger partial charge in [0.15, 0.2) is 0 Å². The first-order valence-electron chi connectivity index (χ1n) is 7.34. The standard InChI is InChI=1S/C14H27N3O2/c1-14(2,3)19-13(18)17(9-7-15)12-6-8-16(10-12)11-4-5-11/h11-12H,4-10,15H2,1-3H3. The lowest BCUT2D eigenvalue weighted by molar-refractivity contribution is 0.0174. The Bertz CT molecular complexity index is 323. The van der Waals surface area contributed by atoms with Crippen molar-refractivity contribution in [3.8, 4) is 0 Å². The van der Waals surface area contributed by atoms with Gasteiger partial charge >= 0.3 is 6.09 Å². The Labute approximate surface area is 116 Å². The fraction of sp³-hybridized carbons (Fsp3) is 0.929. The molecule has 1 unspecified atom stereocenters. The van der Waals surface area contributed by atoms with E-state index in [-0.39, 0.29) is 12.1 Å². The lowest BCUT2D eigenvalue weighted by atomic mass is 10.2. The molecule has 1 saturated carbocycles. The van der Waals surface area contributed by atoms with E-state index in [1.165, 1.54) is 12.8 Å². The highest BCUT2D eigenvalue weighted by molar-refractivity contribution is 5.68. The number of nitrogens with zero attached hydrogens (tertiary/aromatic N) is 2. The van der Waals surface area contributed by atoms with Crippen molar-refractivity contribution < 1.29 is 9.53 Å². The lowest BCUT2D eigenvalue weighted by Gasteiger charge is -2.31. The molecule has 110 valence electrons. The Balaban J connectivity index is 1.93. The molecule has 5 nitrogen and oxygen atoms in total. The molecular formula is C14H27N3O2. The van der Waals surface area contributed by atoms with E-state index in [1.54, 1.807) is 0 Å². The highest BCUT2D eigenvalue weighted by Crippen LogP contribution is 2.31. The van der Waals surface area contributed by atoms with Crippen molar-refractivity contribution in [1.29, 1.82) is 0 Å². The van der Waals surface area contributed by atoms with Crippen LogP contribution in [-0.2, 0) is 4.74 Å². The second-order valence-corrected chi connectivity index (χ2v) is 6.63. The zero-order chi connectivity index (χ0) is 14.0. The molecule has 0 aromatic rings. The molecule has 19 heavy (non-hydrogen) atoms. The summed E-state index contributed by atoms with van der Waals surface area (Å²) >= 11 is 0. The third-order valence-electron chi connectivity index (χ3n) is 3.70. The van der Waals surface area contributed by atoms with Gasteiger partial charge in [-0.15, -0.1) is 0 Å². The van der Waals surface area contributed by atoms with Crippen LogP contribution in [-0.4, -0.2) is 59.8 Å². The monoisotopic (exact) mass is 269 g/mol. The van der Waals surface area contributed by atoms with Crippen molar-refractivity contribution in [2.75, 3.05) is 26.2 Å². The van der Waals surface area contributed by atoms with E-state index in [4.69, 9.17) is 10.5 Å². The summed E-state index contributed by atoms with van der Waals surface area (Å²) < 4.78 is 5.49. The number of carbonyl (C=O) groups is 1. The molecule has 1 saturated heterocycles. The Morgan fingerprint density at radius 1 is 1.37 bits per heavy atom. The Morgan fingerprint density at radius 3 is 2.58 bits per heavy atom. The van der Waals surface area contributed by atoms with Crippen molar-refractivity contribution in [3.63, 3.8) is 0 Å². The van der Waals surface area contributed by atoms with Gasteiger partial charge in [-0.3, -0.25) is 4.90 Å². The summed E-state index contributed by atoms with van der Waals surface area (Å²) in [7, 11) is 0. The van der Waals surface area contributed by atoms with Gasteiger partial charge < -0.3 is 15.4 Å². The van der Waals surface area contributed by atoms with Crippen molar-refractivity contribution in [3.05, 3.63) is 0 Å². The summed E-state index contributed by atoms with van der Waals surface area (Å²) in [5.41, 5.74) is 5.20. The van der Waals surface area contributed by atoms with E-state index < -0.39 is 5.60 Å². The first kappa shape index (κ1) is 14.6. The predicted molar refractivity (Wildman–Crippen MR) is 75.0 cm³/mol.